The van der Waals surface area contributed by atoms with E-state index >= 15 is 0 Å². The monoisotopic (exact) mass is 335 g/mol. The van der Waals surface area contributed by atoms with E-state index in [9.17, 15) is 4.79 Å². The molecule has 0 saturated heterocycles. The second kappa shape index (κ2) is 6.47. The van der Waals surface area contributed by atoms with Crippen LogP contribution >= 0.6 is 15.9 Å². The normalized spacial score (nSPS) is 11.9. The van der Waals surface area contributed by atoms with Crippen molar-refractivity contribution in [3.05, 3.63) is 47.2 Å². The van der Waals surface area contributed by atoms with Crippen molar-refractivity contribution in [2.45, 2.75) is 19.4 Å². The van der Waals surface area contributed by atoms with Crippen LogP contribution in [0.25, 0.3) is 11.5 Å². The molecule has 0 fully saturated rings. The number of aromatic nitrogens is 2. The quantitative estimate of drug-likeness (QED) is 0.851. The zero-order valence-corrected chi connectivity index (χ0v) is 12.6. The molecule has 2 aromatic rings. The SMILES string of the molecule is C=CC(=O)NC(CC)c1noc(-c2cccc(Br)c2)n1. The predicted octanol–water partition coefficient (Wildman–Crippen LogP) is 3.25. The fourth-order valence-corrected chi connectivity index (χ4v) is 2.09. The predicted molar refractivity (Wildman–Crippen MR) is 78.8 cm³/mol. The second-order valence-electron chi connectivity index (χ2n) is 4.14. The van der Waals surface area contributed by atoms with Crippen molar-refractivity contribution in [2.24, 2.45) is 0 Å². The van der Waals surface area contributed by atoms with Crippen molar-refractivity contribution in [3.63, 3.8) is 0 Å². The third-order valence-electron chi connectivity index (χ3n) is 2.74. The minimum atomic E-state index is -0.287. The molecule has 0 saturated carbocycles. The molecule has 0 aliphatic rings. The van der Waals surface area contributed by atoms with Gasteiger partial charge in [-0.3, -0.25) is 4.79 Å². The molecule has 0 spiro atoms. The van der Waals surface area contributed by atoms with E-state index in [0.717, 1.165) is 10.0 Å². The van der Waals surface area contributed by atoms with E-state index < -0.39 is 0 Å². The Bertz CT molecular complexity index is 624. The van der Waals surface area contributed by atoms with Crippen molar-refractivity contribution in [2.75, 3.05) is 0 Å². The summed E-state index contributed by atoms with van der Waals surface area (Å²) in [5.74, 6) is 0.621. The number of nitrogens with one attached hydrogen (secondary N) is 1. The molecular formula is C14H14BrN3O2. The second-order valence-corrected chi connectivity index (χ2v) is 5.06. The fraction of sp³-hybridized carbons (Fsp3) is 0.214. The van der Waals surface area contributed by atoms with Gasteiger partial charge in [0.05, 0.1) is 6.04 Å². The van der Waals surface area contributed by atoms with Crippen LogP contribution in [-0.2, 0) is 4.79 Å². The Morgan fingerprint density at radius 1 is 1.60 bits per heavy atom. The van der Waals surface area contributed by atoms with Gasteiger partial charge in [-0.1, -0.05) is 40.7 Å². The Morgan fingerprint density at radius 2 is 2.40 bits per heavy atom. The van der Waals surface area contributed by atoms with Gasteiger partial charge in [0.2, 0.25) is 5.91 Å². The number of rotatable bonds is 5. The van der Waals surface area contributed by atoms with Crippen LogP contribution < -0.4 is 5.32 Å². The van der Waals surface area contributed by atoms with Crippen LogP contribution in [-0.4, -0.2) is 16.0 Å². The summed E-state index contributed by atoms with van der Waals surface area (Å²) in [6, 6.07) is 7.29. The summed E-state index contributed by atoms with van der Waals surface area (Å²) in [7, 11) is 0. The average molecular weight is 336 g/mol. The van der Waals surface area contributed by atoms with Gasteiger partial charge in [-0.25, -0.2) is 0 Å². The molecule has 5 nitrogen and oxygen atoms in total. The molecule has 2 rings (SSSR count). The van der Waals surface area contributed by atoms with E-state index in [1.807, 2.05) is 31.2 Å². The summed E-state index contributed by atoms with van der Waals surface area (Å²) >= 11 is 3.39. The van der Waals surface area contributed by atoms with Gasteiger partial charge in [0.15, 0.2) is 5.82 Å². The molecule has 1 aromatic heterocycles. The third-order valence-corrected chi connectivity index (χ3v) is 3.23. The molecule has 1 amide bonds. The molecule has 0 bridgehead atoms. The van der Waals surface area contributed by atoms with Crippen LogP contribution in [0.1, 0.15) is 25.2 Å². The van der Waals surface area contributed by atoms with Gasteiger partial charge in [0.1, 0.15) is 0 Å². The number of hydrogen-bond acceptors (Lipinski definition) is 4. The first-order valence-electron chi connectivity index (χ1n) is 6.16. The maximum atomic E-state index is 11.4. The number of amides is 1. The lowest BCUT2D eigenvalue weighted by molar-refractivity contribution is -0.117. The lowest BCUT2D eigenvalue weighted by atomic mass is 10.2. The Balaban J connectivity index is 2.23. The highest BCUT2D eigenvalue weighted by Crippen LogP contribution is 2.23. The first-order valence-corrected chi connectivity index (χ1v) is 6.95. The van der Waals surface area contributed by atoms with E-state index in [-0.39, 0.29) is 11.9 Å². The van der Waals surface area contributed by atoms with E-state index in [4.69, 9.17) is 4.52 Å². The summed E-state index contributed by atoms with van der Waals surface area (Å²) in [6.07, 6.45) is 1.88. The van der Waals surface area contributed by atoms with E-state index in [1.54, 1.807) is 0 Å². The summed E-state index contributed by atoms with van der Waals surface area (Å²) in [6.45, 7) is 5.36. The molecule has 20 heavy (non-hydrogen) atoms. The molecule has 1 N–H and O–H groups in total. The zero-order chi connectivity index (χ0) is 14.5. The van der Waals surface area contributed by atoms with Crippen molar-refractivity contribution < 1.29 is 9.32 Å². The van der Waals surface area contributed by atoms with E-state index in [2.05, 4.69) is 38.0 Å². The van der Waals surface area contributed by atoms with E-state index in [1.165, 1.54) is 6.08 Å². The van der Waals surface area contributed by atoms with Crippen LogP contribution in [0.4, 0.5) is 0 Å². The van der Waals surface area contributed by atoms with Crippen molar-refractivity contribution >= 4 is 21.8 Å². The number of carbonyl (C=O) groups is 1. The van der Waals surface area contributed by atoms with Gasteiger partial charge in [-0.05, 0) is 30.7 Å². The lowest BCUT2D eigenvalue weighted by Crippen LogP contribution is -2.27. The Labute approximate surface area is 125 Å². The van der Waals surface area contributed by atoms with Gasteiger partial charge >= 0.3 is 0 Å². The summed E-state index contributed by atoms with van der Waals surface area (Å²) < 4.78 is 6.18. The van der Waals surface area contributed by atoms with Crippen LogP contribution in [0.5, 0.6) is 0 Å². The Hall–Kier alpha value is -1.95. The van der Waals surface area contributed by atoms with Crippen LogP contribution in [0.3, 0.4) is 0 Å². The highest BCUT2D eigenvalue weighted by atomic mass is 79.9. The Kier molecular flexibility index (Phi) is 4.68. The number of halogens is 1. The standard InChI is InChI=1S/C14H14BrN3O2/c1-3-11(16-12(19)4-2)13-17-14(20-18-13)9-6-5-7-10(15)8-9/h4-8,11H,2-3H2,1H3,(H,16,19). The molecule has 0 radical (unpaired) electrons. The smallest absolute Gasteiger partial charge is 0.258 e. The van der Waals surface area contributed by atoms with Gasteiger partial charge < -0.3 is 9.84 Å². The zero-order valence-electron chi connectivity index (χ0n) is 11.0. The molecule has 6 heteroatoms. The first-order chi connectivity index (χ1) is 9.63. The maximum Gasteiger partial charge on any atom is 0.258 e. The van der Waals surface area contributed by atoms with Crippen molar-refractivity contribution in [1.82, 2.24) is 15.5 Å². The molecule has 1 aromatic carbocycles. The first kappa shape index (κ1) is 14.5. The van der Waals surface area contributed by atoms with Crippen LogP contribution in [0.15, 0.2) is 45.9 Å². The molecule has 0 aliphatic heterocycles. The summed E-state index contributed by atoms with van der Waals surface area (Å²) in [5.41, 5.74) is 0.822. The average Bonchev–Trinajstić information content (AvgIpc) is 2.94. The Morgan fingerprint density at radius 3 is 3.05 bits per heavy atom. The molecular weight excluding hydrogens is 322 g/mol. The van der Waals surface area contributed by atoms with Crippen LogP contribution in [0, 0.1) is 0 Å². The largest absolute Gasteiger partial charge is 0.342 e. The maximum absolute atomic E-state index is 11.4. The summed E-state index contributed by atoms with van der Waals surface area (Å²) in [4.78, 5) is 15.7. The molecule has 0 aliphatic carbocycles. The molecule has 104 valence electrons. The van der Waals surface area contributed by atoms with Gasteiger partial charge in [0.25, 0.3) is 5.89 Å². The van der Waals surface area contributed by atoms with Crippen LogP contribution in [0.2, 0.25) is 0 Å². The number of hydrogen-bond donors (Lipinski definition) is 1. The molecule has 1 heterocycles. The van der Waals surface area contributed by atoms with Gasteiger partial charge in [0, 0.05) is 10.0 Å². The topological polar surface area (TPSA) is 68.0 Å². The van der Waals surface area contributed by atoms with E-state index in [0.29, 0.717) is 18.1 Å². The minimum absolute atomic E-state index is 0.259. The number of carbonyl (C=O) groups excluding carboxylic acids is 1. The minimum Gasteiger partial charge on any atom is -0.342 e. The fourth-order valence-electron chi connectivity index (χ4n) is 1.69. The molecule has 1 atom stereocenters. The van der Waals surface area contributed by atoms with Gasteiger partial charge in [-0.2, -0.15) is 4.98 Å². The highest BCUT2D eigenvalue weighted by molar-refractivity contribution is 9.10. The third kappa shape index (κ3) is 3.33. The van der Waals surface area contributed by atoms with Crippen molar-refractivity contribution in [3.8, 4) is 11.5 Å². The lowest BCUT2D eigenvalue weighted by Gasteiger charge is -2.10. The molecule has 1 unspecified atom stereocenters. The number of benzene rings is 1. The summed E-state index contributed by atoms with van der Waals surface area (Å²) in [5, 5.41) is 6.69. The number of nitrogens with zero attached hydrogens (tertiary/aromatic N) is 2. The highest BCUT2D eigenvalue weighted by Gasteiger charge is 2.18. The van der Waals surface area contributed by atoms with Crippen molar-refractivity contribution in [1.29, 1.82) is 0 Å². The van der Waals surface area contributed by atoms with Gasteiger partial charge in [-0.15, -0.1) is 0 Å².